The van der Waals surface area contributed by atoms with Gasteiger partial charge in [0.2, 0.25) is 11.8 Å². The third-order valence-corrected chi connectivity index (χ3v) is 8.80. The van der Waals surface area contributed by atoms with E-state index >= 15 is 0 Å². The monoisotopic (exact) mass is 589 g/mol. The zero-order valence-corrected chi connectivity index (χ0v) is 24.6. The minimum Gasteiger partial charge on any atom is -0.354 e. The van der Waals surface area contributed by atoms with E-state index in [1.165, 1.54) is 17.0 Å². The van der Waals surface area contributed by atoms with Crippen molar-refractivity contribution in [3.05, 3.63) is 94.0 Å². The number of carbonyl (C=O) groups excluding carboxylic acids is 2. The van der Waals surface area contributed by atoms with Crippen molar-refractivity contribution in [1.82, 2.24) is 10.2 Å². The molecule has 0 saturated carbocycles. The van der Waals surface area contributed by atoms with Gasteiger partial charge in [-0.15, -0.1) is 0 Å². The lowest BCUT2D eigenvalue weighted by molar-refractivity contribution is -0.140. The number of rotatable bonds is 12. The van der Waals surface area contributed by atoms with Gasteiger partial charge in [0.15, 0.2) is 0 Å². The average molecular weight is 591 g/mol. The molecule has 7 nitrogen and oxygen atoms in total. The first-order valence-corrected chi connectivity index (χ1v) is 14.9. The summed E-state index contributed by atoms with van der Waals surface area (Å²) in [6.45, 7) is 5.36. The molecule has 0 saturated heterocycles. The van der Waals surface area contributed by atoms with Gasteiger partial charge in [-0.25, -0.2) is 8.42 Å². The number of halogens is 2. The normalized spacial score (nSPS) is 12.0. The van der Waals surface area contributed by atoms with Gasteiger partial charge in [-0.1, -0.05) is 79.5 Å². The molecule has 1 atom stereocenters. The highest BCUT2D eigenvalue weighted by atomic mass is 35.5. The summed E-state index contributed by atoms with van der Waals surface area (Å²) in [6, 6.07) is 19.0. The van der Waals surface area contributed by atoms with Crippen LogP contribution in [-0.4, -0.2) is 44.3 Å². The van der Waals surface area contributed by atoms with Crippen LogP contribution in [0, 0.1) is 6.92 Å². The lowest BCUT2D eigenvalue weighted by atomic mass is 10.1. The number of hydrogen-bond acceptors (Lipinski definition) is 4. The Balaban J connectivity index is 2.09. The van der Waals surface area contributed by atoms with Crippen LogP contribution in [0.5, 0.6) is 0 Å². The largest absolute Gasteiger partial charge is 0.354 e. The summed E-state index contributed by atoms with van der Waals surface area (Å²) in [5, 5.41) is 3.54. The molecule has 1 N–H and O–H groups in total. The van der Waals surface area contributed by atoms with Crippen LogP contribution in [-0.2, 0) is 26.2 Å². The number of para-hydroxylation sites is 1. The zero-order chi connectivity index (χ0) is 28.6. The molecule has 208 valence electrons. The molecule has 2 amide bonds. The summed E-state index contributed by atoms with van der Waals surface area (Å²) in [7, 11) is -4.13. The lowest BCUT2D eigenvalue weighted by Crippen LogP contribution is -2.52. The summed E-state index contributed by atoms with van der Waals surface area (Å²) in [4.78, 5) is 28.7. The fourth-order valence-corrected chi connectivity index (χ4v) is 6.23. The van der Waals surface area contributed by atoms with E-state index in [0.29, 0.717) is 39.8 Å². The molecule has 0 spiro atoms. The van der Waals surface area contributed by atoms with Gasteiger partial charge in [0.1, 0.15) is 12.6 Å². The molecule has 0 radical (unpaired) electrons. The molecule has 3 aromatic rings. The topological polar surface area (TPSA) is 86.8 Å². The van der Waals surface area contributed by atoms with Crippen molar-refractivity contribution in [2.75, 3.05) is 17.4 Å². The van der Waals surface area contributed by atoms with E-state index in [4.69, 9.17) is 23.2 Å². The van der Waals surface area contributed by atoms with Crippen molar-refractivity contribution in [3.63, 3.8) is 0 Å². The van der Waals surface area contributed by atoms with Crippen LogP contribution in [0.3, 0.4) is 0 Å². The fourth-order valence-electron chi connectivity index (χ4n) is 4.22. The minimum absolute atomic E-state index is 0.0504. The summed E-state index contributed by atoms with van der Waals surface area (Å²) >= 11 is 12.9. The molecule has 0 aromatic heterocycles. The van der Waals surface area contributed by atoms with Crippen LogP contribution in [0.2, 0.25) is 10.0 Å². The van der Waals surface area contributed by atoms with Crippen molar-refractivity contribution < 1.29 is 18.0 Å². The van der Waals surface area contributed by atoms with Crippen molar-refractivity contribution in [2.24, 2.45) is 0 Å². The molecule has 0 bridgehead atoms. The number of sulfonamides is 1. The van der Waals surface area contributed by atoms with Crippen molar-refractivity contribution >= 4 is 50.7 Å². The van der Waals surface area contributed by atoms with E-state index in [1.54, 1.807) is 74.5 Å². The molecule has 3 aromatic carbocycles. The Bertz CT molecular complexity index is 1380. The quantitative estimate of drug-likeness (QED) is 0.288. The Labute approximate surface area is 240 Å². The Hall–Kier alpha value is -3.07. The first kappa shape index (κ1) is 30.5. The van der Waals surface area contributed by atoms with E-state index in [0.717, 1.165) is 10.7 Å². The van der Waals surface area contributed by atoms with Crippen molar-refractivity contribution in [1.29, 1.82) is 0 Å². The molecule has 10 heteroatoms. The summed E-state index contributed by atoms with van der Waals surface area (Å²) in [5.41, 5.74) is 1.52. The number of benzene rings is 3. The predicted octanol–water partition coefficient (Wildman–Crippen LogP) is 5.83. The van der Waals surface area contributed by atoms with E-state index in [-0.39, 0.29) is 17.3 Å². The van der Waals surface area contributed by atoms with Crippen LogP contribution < -0.4 is 9.62 Å². The number of amides is 2. The number of nitrogens with zero attached hydrogens (tertiary/aromatic N) is 2. The Morgan fingerprint density at radius 2 is 1.51 bits per heavy atom. The molecule has 0 aliphatic rings. The third kappa shape index (κ3) is 7.32. The van der Waals surface area contributed by atoms with Gasteiger partial charge in [0.25, 0.3) is 10.0 Å². The van der Waals surface area contributed by atoms with Gasteiger partial charge in [-0.05, 0) is 55.7 Å². The lowest BCUT2D eigenvalue weighted by Gasteiger charge is -2.34. The first-order valence-electron chi connectivity index (χ1n) is 12.7. The Kier molecular flexibility index (Phi) is 10.8. The minimum atomic E-state index is -4.13. The molecule has 0 aliphatic carbocycles. The van der Waals surface area contributed by atoms with E-state index in [9.17, 15) is 18.0 Å². The molecule has 0 heterocycles. The Morgan fingerprint density at radius 3 is 2.10 bits per heavy atom. The maximum absolute atomic E-state index is 14.1. The highest BCUT2D eigenvalue weighted by Gasteiger charge is 2.34. The summed E-state index contributed by atoms with van der Waals surface area (Å²) in [6.07, 6.45) is 1.03. The van der Waals surface area contributed by atoms with Crippen LogP contribution in [0.25, 0.3) is 0 Å². The van der Waals surface area contributed by atoms with Gasteiger partial charge in [-0.2, -0.15) is 0 Å². The molecular formula is C29H33Cl2N3O4S. The second-order valence-electron chi connectivity index (χ2n) is 9.05. The molecule has 0 fully saturated rings. The fraction of sp³-hybridized carbons (Fsp3) is 0.310. The van der Waals surface area contributed by atoms with Gasteiger partial charge < -0.3 is 10.2 Å². The summed E-state index contributed by atoms with van der Waals surface area (Å²) in [5.74, 6) is -0.892. The highest BCUT2D eigenvalue weighted by Crippen LogP contribution is 2.29. The highest BCUT2D eigenvalue weighted by molar-refractivity contribution is 7.92. The first-order chi connectivity index (χ1) is 18.6. The van der Waals surface area contributed by atoms with Gasteiger partial charge >= 0.3 is 0 Å². The maximum atomic E-state index is 14.1. The number of hydrogen-bond donors (Lipinski definition) is 1. The second-order valence-corrected chi connectivity index (χ2v) is 11.7. The number of anilines is 1. The Morgan fingerprint density at radius 1 is 0.897 bits per heavy atom. The van der Waals surface area contributed by atoms with Gasteiger partial charge in [0.05, 0.1) is 10.6 Å². The predicted molar refractivity (Wildman–Crippen MR) is 157 cm³/mol. The standard InChI is InChI=1S/C29H33Cl2N3O4S/c1-4-18-32-29(36)26(5-2)33(19-23-24(30)15-11-16-25(23)31)28(35)20-34(27-17-10-9-12-21(27)3)39(37,38)22-13-7-6-8-14-22/h6-17,26H,4-5,18-20H2,1-3H3,(H,32,36)/t26-/m1/s1. The van der Waals surface area contributed by atoms with Crippen LogP contribution >= 0.6 is 23.2 Å². The van der Waals surface area contributed by atoms with Gasteiger partial charge in [0, 0.05) is 28.7 Å². The summed E-state index contributed by atoms with van der Waals surface area (Å²) < 4.78 is 28.8. The molecule has 0 unspecified atom stereocenters. The third-order valence-electron chi connectivity index (χ3n) is 6.32. The molecule has 3 rings (SSSR count). The molecular weight excluding hydrogens is 557 g/mol. The SMILES string of the molecule is CCCNC(=O)[C@@H](CC)N(Cc1c(Cl)cccc1Cl)C(=O)CN(c1ccccc1C)S(=O)(=O)c1ccccc1. The van der Waals surface area contributed by atoms with Crippen molar-refractivity contribution in [3.8, 4) is 0 Å². The van der Waals surface area contributed by atoms with E-state index < -0.39 is 28.5 Å². The molecule has 39 heavy (non-hydrogen) atoms. The average Bonchev–Trinajstić information content (AvgIpc) is 2.92. The number of carbonyl (C=O) groups is 2. The van der Waals surface area contributed by atoms with Crippen LogP contribution in [0.4, 0.5) is 5.69 Å². The van der Waals surface area contributed by atoms with E-state index in [1.807, 2.05) is 6.92 Å². The van der Waals surface area contributed by atoms with Crippen LogP contribution in [0.15, 0.2) is 77.7 Å². The zero-order valence-electron chi connectivity index (χ0n) is 22.2. The molecule has 0 aliphatic heterocycles. The smallest absolute Gasteiger partial charge is 0.264 e. The van der Waals surface area contributed by atoms with Gasteiger partial charge in [-0.3, -0.25) is 13.9 Å². The maximum Gasteiger partial charge on any atom is 0.264 e. The second kappa shape index (κ2) is 13.8. The number of aryl methyl sites for hydroxylation is 1. The van der Waals surface area contributed by atoms with Crippen molar-refractivity contribution in [2.45, 2.75) is 51.1 Å². The number of nitrogens with one attached hydrogen (secondary N) is 1. The van der Waals surface area contributed by atoms with E-state index in [2.05, 4.69) is 5.32 Å². The van der Waals surface area contributed by atoms with Crippen LogP contribution in [0.1, 0.15) is 37.8 Å².